The Morgan fingerprint density at radius 3 is 2.24 bits per heavy atom. The van der Waals surface area contributed by atoms with Gasteiger partial charge in [-0.15, -0.1) is 0 Å². The van der Waals surface area contributed by atoms with Crippen molar-refractivity contribution >= 4 is 17.9 Å². The van der Waals surface area contributed by atoms with Crippen LogP contribution >= 0.6 is 0 Å². The number of nitrogens with one attached hydrogen (secondary N) is 2. The third kappa shape index (κ3) is 8.88. The van der Waals surface area contributed by atoms with Crippen LogP contribution in [0.3, 0.4) is 0 Å². The molecule has 3 N–H and O–H groups in total. The lowest BCUT2D eigenvalue weighted by Gasteiger charge is -2.27. The van der Waals surface area contributed by atoms with Gasteiger partial charge in [-0.25, -0.2) is 4.79 Å². The third-order valence-corrected chi connectivity index (χ3v) is 3.03. The summed E-state index contributed by atoms with van der Waals surface area (Å²) in [7, 11) is 0. The molecule has 3 amide bonds. The summed E-state index contributed by atoms with van der Waals surface area (Å²) in [5.41, 5.74) is 0. The number of carbonyl (C=O) groups excluding carboxylic acids is 2. The maximum Gasteiger partial charge on any atom is 0.323 e. The fourth-order valence-corrected chi connectivity index (χ4v) is 1.58. The van der Waals surface area contributed by atoms with Gasteiger partial charge in [-0.2, -0.15) is 0 Å². The fourth-order valence-electron chi connectivity index (χ4n) is 1.58. The number of aliphatic carboxylic acids is 1. The maximum absolute atomic E-state index is 11.9. The minimum Gasteiger partial charge on any atom is -0.480 e. The van der Waals surface area contributed by atoms with Crippen LogP contribution in [0.25, 0.3) is 0 Å². The Hall–Kier alpha value is -1.79. The van der Waals surface area contributed by atoms with E-state index in [1.54, 1.807) is 6.92 Å². The summed E-state index contributed by atoms with van der Waals surface area (Å²) in [6, 6.07) is -0.626. The normalized spacial score (nSPS) is 11.9. The van der Waals surface area contributed by atoms with E-state index >= 15 is 0 Å². The Balaban J connectivity index is 4.19. The van der Waals surface area contributed by atoms with Gasteiger partial charge in [-0.1, -0.05) is 20.8 Å². The smallest absolute Gasteiger partial charge is 0.323 e. The number of carboxylic acid groups (broad SMARTS) is 1. The quantitative estimate of drug-likeness (QED) is 0.592. The second kappa shape index (κ2) is 10.0. The van der Waals surface area contributed by atoms with E-state index in [9.17, 15) is 14.4 Å². The summed E-state index contributed by atoms with van der Waals surface area (Å²) in [5.74, 6) is -0.808. The van der Waals surface area contributed by atoms with Crippen molar-refractivity contribution in [2.75, 3.05) is 19.6 Å². The van der Waals surface area contributed by atoms with E-state index in [2.05, 4.69) is 10.6 Å². The molecule has 1 atom stereocenters. The second-order valence-electron chi connectivity index (χ2n) is 5.46. The molecule has 7 heteroatoms. The molecule has 0 heterocycles. The molecule has 0 fully saturated rings. The van der Waals surface area contributed by atoms with Crippen LogP contribution < -0.4 is 10.6 Å². The van der Waals surface area contributed by atoms with Crippen LogP contribution in [0.1, 0.15) is 40.5 Å². The highest BCUT2D eigenvalue weighted by Gasteiger charge is 2.21. The maximum atomic E-state index is 11.9. The zero-order valence-electron chi connectivity index (χ0n) is 13.3. The standard InChI is InChI=1S/C14H27N3O4/c1-5-11(4)17(9-13(19)20)14(21)15-7-6-12(18)16-8-10(2)3/h10-11H,5-9H2,1-4H3,(H,15,21)(H,16,18)(H,19,20). The molecule has 0 aliphatic carbocycles. The van der Waals surface area contributed by atoms with Crippen LogP contribution in [0.4, 0.5) is 4.79 Å². The van der Waals surface area contributed by atoms with Crippen LogP contribution in [0.5, 0.6) is 0 Å². The van der Waals surface area contributed by atoms with Crippen molar-refractivity contribution in [1.82, 2.24) is 15.5 Å². The SMILES string of the molecule is CCC(C)N(CC(=O)O)C(=O)NCCC(=O)NCC(C)C. The third-order valence-electron chi connectivity index (χ3n) is 3.03. The zero-order chi connectivity index (χ0) is 16.4. The number of carboxylic acids is 1. The van der Waals surface area contributed by atoms with Crippen molar-refractivity contribution in [2.45, 2.75) is 46.6 Å². The Kier molecular flexibility index (Phi) is 9.16. The lowest BCUT2D eigenvalue weighted by atomic mass is 10.2. The van der Waals surface area contributed by atoms with E-state index in [0.717, 1.165) is 0 Å². The molecule has 0 saturated carbocycles. The van der Waals surface area contributed by atoms with Gasteiger partial charge in [0.05, 0.1) is 0 Å². The van der Waals surface area contributed by atoms with E-state index in [0.29, 0.717) is 18.9 Å². The zero-order valence-corrected chi connectivity index (χ0v) is 13.3. The largest absolute Gasteiger partial charge is 0.480 e. The van der Waals surface area contributed by atoms with Gasteiger partial charge >= 0.3 is 12.0 Å². The molecule has 0 saturated heterocycles. The van der Waals surface area contributed by atoms with Crippen molar-refractivity contribution in [1.29, 1.82) is 0 Å². The molecule has 122 valence electrons. The molecule has 0 bridgehead atoms. The van der Waals surface area contributed by atoms with Crippen molar-refractivity contribution < 1.29 is 19.5 Å². The molecular weight excluding hydrogens is 274 g/mol. The summed E-state index contributed by atoms with van der Waals surface area (Å²) in [5, 5.41) is 14.2. The van der Waals surface area contributed by atoms with E-state index < -0.39 is 12.0 Å². The number of carbonyl (C=O) groups is 3. The molecular formula is C14H27N3O4. The van der Waals surface area contributed by atoms with Crippen molar-refractivity contribution in [3.05, 3.63) is 0 Å². The van der Waals surface area contributed by atoms with Crippen LogP contribution in [-0.4, -0.2) is 53.6 Å². The molecule has 0 aliphatic rings. The molecule has 0 aromatic rings. The van der Waals surface area contributed by atoms with Crippen molar-refractivity contribution in [2.24, 2.45) is 5.92 Å². The summed E-state index contributed by atoms with van der Waals surface area (Å²) < 4.78 is 0. The first-order chi connectivity index (χ1) is 9.77. The van der Waals surface area contributed by atoms with E-state index in [1.807, 2.05) is 20.8 Å². The minimum atomic E-state index is -1.06. The molecule has 0 rings (SSSR count). The molecule has 0 spiro atoms. The van der Waals surface area contributed by atoms with Gasteiger partial charge in [0.1, 0.15) is 6.54 Å². The van der Waals surface area contributed by atoms with Crippen LogP contribution in [-0.2, 0) is 9.59 Å². The van der Waals surface area contributed by atoms with Gasteiger partial charge in [0.2, 0.25) is 5.91 Å². The molecule has 1 unspecified atom stereocenters. The van der Waals surface area contributed by atoms with Crippen LogP contribution in [0, 0.1) is 5.92 Å². The predicted octanol–water partition coefficient (Wildman–Crippen LogP) is 1.04. The predicted molar refractivity (Wildman–Crippen MR) is 80.0 cm³/mol. The van der Waals surface area contributed by atoms with Crippen molar-refractivity contribution in [3.63, 3.8) is 0 Å². The molecule has 21 heavy (non-hydrogen) atoms. The number of hydrogen-bond acceptors (Lipinski definition) is 3. The lowest BCUT2D eigenvalue weighted by molar-refractivity contribution is -0.138. The van der Waals surface area contributed by atoms with E-state index in [1.165, 1.54) is 4.90 Å². The highest BCUT2D eigenvalue weighted by molar-refractivity contribution is 5.81. The highest BCUT2D eigenvalue weighted by Crippen LogP contribution is 2.03. The highest BCUT2D eigenvalue weighted by atomic mass is 16.4. The van der Waals surface area contributed by atoms with Crippen LogP contribution in [0.2, 0.25) is 0 Å². The molecule has 0 aliphatic heterocycles. The fraction of sp³-hybridized carbons (Fsp3) is 0.786. The Labute approximate surface area is 126 Å². The Bertz CT molecular complexity index is 358. The van der Waals surface area contributed by atoms with Crippen molar-refractivity contribution in [3.8, 4) is 0 Å². The van der Waals surface area contributed by atoms with E-state index in [-0.39, 0.29) is 31.5 Å². The summed E-state index contributed by atoms with van der Waals surface area (Å²) >= 11 is 0. The molecule has 0 aromatic carbocycles. The molecule has 7 nitrogen and oxygen atoms in total. The number of amides is 3. The lowest BCUT2D eigenvalue weighted by Crippen LogP contribution is -2.48. The van der Waals surface area contributed by atoms with Gasteiger partial charge in [0, 0.05) is 25.6 Å². The molecule has 0 aromatic heterocycles. The average molecular weight is 301 g/mol. The minimum absolute atomic E-state index is 0.127. The van der Waals surface area contributed by atoms with Gasteiger partial charge in [0.25, 0.3) is 0 Å². The van der Waals surface area contributed by atoms with Gasteiger partial charge in [-0.05, 0) is 19.3 Å². The van der Waals surface area contributed by atoms with Gasteiger partial charge in [0.15, 0.2) is 0 Å². The van der Waals surface area contributed by atoms with E-state index in [4.69, 9.17) is 5.11 Å². The summed E-state index contributed by atoms with van der Waals surface area (Å²) in [6.07, 6.45) is 0.843. The van der Waals surface area contributed by atoms with Gasteiger partial charge < -0.3 is 20.6 Å². The first-order valence-corrected chi connectivity index (χ1v) is 7.30. The summed E-state index contributed by atoms with van der Waals surface area (Å²) in [6.45, 7) is 8.11. The second-order valence-corrected chi connectivity index (χ2v) is 5.46. The molecule has 0 radical (unpaired) electrons. The number of hydrogen-bond donors (Lipinski definition) is 3. The van der Waals surface area contributed by atoms with Gasteiger partial charge in [-0.3, -0.25) is 9.59 Å². The first-order valence-electron chi connectivity index (χ1n) is 7.30. The number of nitrogens with zero attached hydrogens (tertiary/aromatic N) is 1. The average Bonchev–Trinajstić information content (AvgIpc) is 2.41. The first kappa shape index (κ1) is 19.2. The Morgan fingerprint density at radius 1 is 1.14 bits per heavy atom. The number of urea groups is 1. The topological polar surface area (TPSA) is 98.7 Å². The Morgan fingerprint density at radius 2 is 1.76 bits per heavy atom. The summed E-state index contributed by atoms with van der Waals surface area (Å²) in [4.78, 5) is 35.5. The monoisotopic (exact) mass is 301 g/mol. The number of rotatable bonds is 9. The van der Waals surface area contributed by atoms with Crippen LogP contribution in [0.15, 0.2) is 0 Å².